The summed E-state index contributed by atoms with van der Waals surface area (Å²) in [7, 11) is 0. The number of hydrogen-bond donors (Lipinski definition) is 0. The number of aromatic nitrogens is 2. The van der Waals surface area contributed by atoms with Crippen LogP contribution < -0.4 is 5.56 Å². The van der Waals surface area contributed by atoms with Crippen molar-refractivity contribution < 1.29 is 0 Å². The second-order valence-corrected chi connectivity index (χ2v) is 5.92. The molecule has 1 aromatic heterocycles. The third kappa shape index (κ3) is 3.02. The van der Waals surface area contributed by atoms with Crippen LogP contribution in [0.25, 0.3) is 10.9 Å². The Kier molecular flexibility index (Phi) is 4.80. The first-order valence-electron chi connectivity index (χ1n) is 6.73. The van der Waals surface area contributed by atoms with E-state index in [1.807, 2.05) is 25.1 Å². The minimum absolute atomic E-state index is 0.0170. The number of unbranched alkanes of at least 4 members (excludes halogenated alkanes) is 1. The molecule has 1 heterocycles. The van der Waals surface area contributed by atoms with Gasteiger partial charge >= 0.3 is 0 Å². The van der Waals surface area contributed by atoms with Crippen molar-refractivity contribution in [2.24, 2.45) is 0 Å². The number of hydrogen-bond acceptors (Lipinski definition) is 4. The zero-order chi connectivity index (χ0) is 14.5. The van der Waals surface area contributed by atoms with Gasteiger partial charge in [0.25, 0.3) is 5.56 Å². The van der Waals surface area contributed by atoms with Crippen LogP contribution in [0.4, 0.5) is 0 Å². The fraction of sp³-hybridized carbons (Fsp3) is 0.400. The summed E-state index contributed by atoms with van der Waals surface area (Å²) < 4.78 is 1.70. The standard InChI is InChI=1S/C15H17N3OS/c1-3-4-9-18-14(19)12-7-5-6-8-13(12)17-15(18)20-11(2)10-16/h5-8,11H,3-4,9H2,1-2H3/t11-/m0/s1. The molecule has 0 saturated carbocycles. The zero-order valence-electron chi connectivity index (χ0n) is 11.7. The van der Waals surface area contributed by atoms with Gasteiger partial charge in [-0.3, -0.25) is 9.36 Å². The van der Waals surface area contributed by atoms with Crippen LogP contribution in [0, 0.1) is 11.3 Å². The van der Waals surface area contributed by atoms with Gasteiger partial charge in [0.2, 0.25) is 0 Å². The molecule has 0 aliphatic carbocycles. The number of benzene rings is 1. The minimum Gasteiger partial charge on any atom is -0.287 e. The number of thioether (sulfide) groups is 1. The van der Waals surface area contributed by atoms with E-state index in [4.69, 9.17) is 5.26 Å². The van der Waals surface area contributed by atoms with Gasteiger partial charge in [0, 0.05) is 6.54 Å². The molecule has 5 heteroatoms. The van der Waals surface area contributed by atoms with E-state index in [0.717, 1.165) is 12.8 Å². The first-order chi connectivity index (χ1) is 9.67. The topological polar surface area (TPSA) is 58.7 Å². The van der Waals surface area contributed by atoms with Gasteiger partial charge in [0.15, 0.2) is 5.16 Å². The highest BCUT2D eigenvalue weighted by Gasteiger charge is 2.13. The number of nitrogens with zero attached hydrogens (tertiary/aromatic N) is 3. The summed E-state index contributed by atoms with van der Waals surface area (Å²) in [5.41, 5.74) is 0.676. The van der Waals surface area contributed by atoms with Crippen molar-refractivity contribution >= 4 is 22.7 Å². The summed E-state index contributed by atoms with van der Waals surface area (Å²) in [6.07, 6.45) is 1.94. The molecule has 0 aliphatic heterocycles. The lowest BCUT2D eigenvalue weighted by atomic mass is 10.2. The third-order valence-electron chi connectivity index (χ3n) is 3.03. The highest BCUT2D eigenvalue weighted by Crippen LogP contribution is 2.22. The van der Waals surface area contributed by atoms with Crippen LogP contribution in [-0.2, 0) is 6.54 Å². The summed E-state index contributed by atoms with van der Waals surface area (Å²) >= 11 is 1.34. The van der Waals surface area contributed by atoms with Gasteiger partial charge in [-0.15, -0.1) is 0 Å². The largest absolute Gasteiger partial charge is 0.287 e. The predicted octanol–water partition coefficient (Wildman–Crippen LogP) is 3.20. The van der Waals surface area contributed by atoms with Crippen LogP contribution in [0.3, 0.4) is 0 Å². The Hall–Kier alpha value is -1.80. The van der Waals surface area contributed by atoms with Crippen molar-refractivity contribution in [2.75, 3.05) is 0 Å². The van der Waals surface area contributed by atoms with E-state index in [2.05, 4.69) is 18.0 Å². The molecule has 4 nitrogen and oxygen atoms in total. The summed E-state index contributed by atoms with van der Waals surface area (Å²) in [5, 5.41) is 10.0. The fourth-order valence-corrected chi connectivity index (χ4v) is 2.76. The number of para-hydroxylation sites is 1. The maximum absolute atomic E-state index is 12.6. The summed E-state index contributed by atoms with van der Waals surface area (Å²) in [6.45, 7) is 4.55. The van der Waals surface area contributed by atoms with E-state index in [1.54, 1.807) is 10.6 Å². The smallest absolute Gasteiger partial charge is 0.262 e. The maximum atomic E-state index is 12.6. The van der Waals surface area contributed by atoms with Crippen LogP contribution in [-0.4, -0.2) is 14.8 Å². The van der Waals surface area contributed by atoms with E-state index >= 15 is 0 Å². The van der Waals surface area contributed by atoms with Crippen LogP contribution in [0.15, 0.2) is 34.2 Å². The monoisotopic (exact) mass is 287 g/mol. The highest BCUT2D eigenvalue weighted by molar-refractivity contribution is 8.00. The quantitative estimate of drug-likeness (QED) is 0.626. The molecule has 1 aromatic carbocycles. The average Bonchev–Trinajstić information content (AvgIpc) is 2.47. The van der Waals surface area contributed by atoms with Crippen molar-refractivity contribution in [3.8, 4) is 6.07 Å². The highest BCUT2D eigenvalue weighted by atomic mass is 32.2. The van der Waals surface area contributed by atoms with Crippen molar-refractivity contribution in [1.29, 1.82) is 5.26 Å². The van der Waals surface area contributed by atoms with Gasteiger partial charge in [-0.1, -0.05) is 37.2 Å². The minimum atomic E-state index is -0.226. The van der Waals surface area contributed by atoms with Crippen LogP contribution >= 0.6 is 11.8 Å². The normalized spacial score (nSPS) is 12.2. The maximum Gasteiger partial charge on any atom is 0.262 e. The fourth-order valence-electron chi connectivity index (χ4n) is 1.94. The van der Waals surface area contributed by atoms with Gasteiger partial charge in [-0.2, -0.15) is 5.26 Å². The SMILES string of the molecule is CCCCn1c(S[C@@H](C)C#N)nc2ccccc2c1=O. The molecule has 2 rings (SSSR count). The van der Waals surface area contributed by atoms with Crippen LogP contribution in [0.5, 0.6) is 0 Å². The van der Waals surface area contributed by atoms with Gasteiger partial charge in [-0.25, -0.2) is 4.98 Å². The lowest BCUT2D eigenvalue weighted by molar-refractivity contribution is 0.557. The average molecular weight is 287 g/mol. The number of rotatable bonds is 5. The van der Waals surface area contributed by atoms with E-state index < -0.39 is 0 Å². The first-order valence-corrected chi connectivity index (χ1v) is 7.61. The van der Waals surface area contributed by atoms with Gasteiger partial charge in [0.05, 0.1) is 22.2 Å². The third-order valence-corrected chi connectivity index (χ3v) is 4.01. The molecule has 0 N–H and O–H groups in total. The second-order valence-electron chi connectivity index (χ2n) is 4.61. The summed E-state index contributed by atoms with van der Waals surface area (Å²) in [4.78, 5) is 17.1. The Morgan fingerprint density at radius 3 is 2.90 bits per heavy atom. The second kappa shape index (κ2) is 6.58. The molecule has 0 aliphatic rings. The van der Waals surface area contributed by atoms with Crippen molar-refractivity contribution in [1.82, 2.24) is 9.55 Å². The summed E-state index contributed by atoms with van der Waals surface area (Å²) in [6, 6.07) is 9.52. The Bertz CT molecular complexity index is 702. The Morgan fingerprint density at radius 1 is 1.45 bits per heavy atom. The molecule has 0 unspecified atom stereocenters. The van der Waals surface area contributed by atoms with E-state index in [-0.39, 0.29) is 10.8 Å². The Balaban J connectivity index is 2.57. The molecular weight excluding hydrogens is 270 g/mol. The molecular formula is C15H17N3OS. The predicted molar refractivity (Wildman–Crippen MR) is 81.8 cm³/mol. The van der Waals surface area contributed by atoms with Gasteiger partial charge in [0.1, 0.15) is 0 Å². The first kappa shape index (κ1) is 14.6. The number of fused-ring (bicyclic) bond motifs is 1. The van der Waals surface area contributed by atoms with E-state index in [9.17, 15) is 4.79 Å². The van der Waals surface area contributed by atoms with Crippen molar-refractivity contribution in [3.63, 3.8) is 0 Å². The molecule has 0 bridgehead atoms. The molecule has 0 amide bonds. The Labute approximate surface area is 122 Å². The zero-order valence-corrected chi connectivity index (χ0v) is 12.5. The molecule has 0 spiro atoms. The van der Waals surface area contributed by atoms with Crippen molar-refractivity contribution in [2.45, 2.75) is 43.6 Å². The van der Waals surface area contributed by atoms with Crippen LogP contribution in [0.1, 0.15) is 26.7 Å². The molecule has 104 valence electrons. The molecule has 2 aromatic rings. The summed E-state index contributed by atoms with van der Waals surface area (Å²) in [5.74, 6) is 0. The molecule has 1 atom stereocenters. The van der Waals surface area contributed by atoms with Gasteiger partial charge < -0.3 is 0 Å². The van der Waals surface area contributed by atoms with E-state index in [0.29, 0.717) is 22.6 Å². The molecule has 0 radical (unpaired) electrons. The lowest BCUT2D eigenvalue weighted by Gasteiger charge is -2.13. The molecule has 20 heavy (non-hydrogen) atoms. The van der Waals surface area contributed by atoms with E-state index in [1.165, 1.54) is 11.8 Å². The van der Waals surface area contributed by atoms with Crippen LogP contribution in [0.2, 0.25) is 0 Å². The molecule has 0 fully saturated rings. The molecule has 0 saturated heterocycles. The Morgan fingerprint density at radius 2 is 2.20 bits per heavy atom. The lowest BCUT2D eigenvalue weighted by Crippen LogP contribution is -2.24. The number of nitriles is 1. The van der Waals surface area contributed by atoms with Crippen molar-refractivity contribution in [3.05, 3.63) is 34.6 Å². The van der Waals surface area contributed by atoms with Gasteiger partial charge in [-0.05, 0) is 25.5 Å².